The van der Waals surface area contributed by atoms with Crippen LogP contribution in [-0.2, 0) is 13.9 Å². The van der Waals surface area contributed by atoms with Crippen LogP contribution in [-0.4, -0.2) is 41.4 Å². The van der Waals surface area contributed by atoms with E-state index in [1.54, 1.807) is 0 Å². The number of epoxide rings is 1. The number of hydrogen-bond acceptors (Lipinski definition) is 3. The van der Waals surface area contributed by atoms with Crippen LogP contribution >= 0.6 is 0 Å². The molecule has 0 radical (unpaired) electrons. The summed E-state index contributed by atoms with van der Waals surface area (Å²) in [5.74, 6) is 0. The maximum absolute atomic E-state index is 5.44. The lowest BCUT2D eigenvalue weighted by molar-refractivity contribution is 0.116. The molecule has 1 heterocycles. The molecule has 0 bridgehead atoms. The quantitative estimate of drug-likeness (QED) is 0.359. The van der Waals surface area contributed by atoms with Gasteiger partial charge in [-0.3, -0.25) is 0 Å². The van der Waals surface area contributed by atoms with Crippen molar-refractivity contribution in [2.24, 2.45) is 0 Å². The van der Waals surface area contributed by atoms with Crippen molar-refractivity contribution in [3.8, 4) is 0 Å². The molecule has 0 aliphatic carbocycles. The molecule has 0 N–H and O–H groups in total. The van der Waals surface area contributed by atoms with Crippen LogP contribution in [0.2, 0.25) is 19.1 Å². The van der Waals surface area contributed by atoms with Crippen LogP contribution in [0.3, 0.4) is 0 Å². The van der Waals surface area contributed by atoms with Crippen LogP contribution in [0.5, 0.6) is 0 Å². The molecule has 0 aromatic carbocycles. The molecule has 78 valence electrons. The molecule has 1 saturated heterocycles. The second-order valence-corrected chi connectivity index (χ2v) is 8.53. The topological polar surface area (TPSA) is 31.0 Å². The van der Waals surface area contributed by atoms with Crippen LogP contribution in [0.25, 0.3) is 0 Å². The molecule has 0 amide bonds. The summed E-state index contributed by atoms with van der Waals surface area (Å²) < 4.78 is 15.9. The maximum Gasteiger partial charge on any atom is 0.186 e. The van der Waals surface area contributed by atoms with E-state index in [2.05, 4.69) is 13.1 Å². The van der Waals surface area contributed by atoms with Crippen molar-refractivity contribution in [1.82, 2.24) is 0 Å². The molecule has 4 heteroatoms. The molecular weight excluding hydrogens is 184 g/mol. The first-order chi connectivity index (χ1) is 6.14. The van der Waals surface area contributed by atoms with Crippen LogP contribution < -0.4 is 0 Å². The summed E-state index contributed by atoms with van der Waals surface area (Å²) in [5, 5.41) is 0. The first-order valence-electron chi connectivity index (χ1n) is 4.88. The highest BCUT2D eigenvalue weighted by Gasteiger charge is 2.23. The minimum Gasteiger partial charge on any atom is -0.420 e. The van der Waals surface area contributed by atoms with Gasteiger partial charge in [0.2, 0.25) is 0 Å². The summed E-state index contributed by atoms with van der Waals surface area (Å²) in [6.07, 6.45) is 1.51. The van der Waals surface area contributed by atoms with Gasteiger partial charge in [-0.25, -0.2) is 0 Å². The van der Waals surface area contributed by atoms with Gasteiger partial charge in [0.15, 0.2) is 8.32 Å². The van der Waals surface area contributed by atoms with E-state index >= 15 is 0 Å². The normalized spacial score (nSPS) is 21.9. The van der Waals surface area contributed by atoms with Gasteiger partial charge in [-0.05, 0) is 25.6 Å². The monoisotopic (exact) mass is 204 g/mol. The van der Waals surface area contributed by atoms with Crippen LogP contribution in [0, 0.1) is 0 Å². The summed E-state index contributed by atoms with van der Waals surface area (Å²) in [6.45, 7) is 6.97. The standard InChI is InChI=1S/C9H20O3Si/c1-10-13(2,3)6-4-5-11-7-9-8-12-9/h9H,4-8H2,1-3H3. The van der Waals surface area contributed by atoms with Gasteiger partial charge in [-0.1, -0.05) is 0 Å². The SMILES string of the molecule is CO[Si](C)(C)CCCOCC1CO1. The Labute approximate surface area is 81.5 Å². The molecule has 1 aliphatic rings. The van der Waals surface area contributed by atoms with Gasteiger partial charge in [0, 0.05) is 13.7 Å². The molecule has 13 heavy (non-hydrogen) atoms. The average molecular weight is 204 g/mol. The fourth-order valence-electron chi connectivity index (χ4n) is 1.08. The molecule has 1 rings (SSSR count). The van der Waals surface area contributed by atoms with Crippen molar-refractivity contribution in [1.29, 1.82) is 0 Å². The average Bonchev–Trinajstić information content (AvgIpc) is 2.87. The zero-order valence-corrected chi connectivity index (χ0v) is 9.84. The highest BCUT2D eigenvalue weighted by Crippen LogP contribution is 2.13. The van der Waals surface area contributed by atoms with Crippen LogP contribution in [0.1, 0.15) is 6.42 Å². The van der Waals surface area contributed by atoms with E-state index in [1.165, 1.54) is 6.04 Å². The third kappa shape index (κ3) is 5.41. The second-order valence-electron chi connectivity index (χ2n) is 4.10. The molecule has 0 aromatic rings. The minimum atomic E-state index is -1.35. The maximum atomic E-state index is 5.44. The minimum absolute atomic E-state index is 0.396. The first-order valence-corrected chi connectivity index (χ1v) is 8.00. The van der Waals surface area contributed by atoms with Crippen molar-refractivity contribution in [3.05, 3.63) is 0 Å². The van der Waals surface area contributed by atoms with Gasteiger partial charge in [-0.15, -0.1) is 0 Å². The summed E-state index contributed by atoms with van der Waals surface area (Å²) in [6, 6.07) is 1.18. The Balaban J connectivity index is 1.87. The van der Waals surface area contributed by atoms with Crippen LogP contribution in [0.15, 0.2) is 0 Å². The Kier molecular flexibility index (Phi) is 4.38. The predicted molar refractivity (Wildman–Crippen MR) is 54.5 cm³/mol. The highest BCUT2D eigenvalue weighted by atomic mass is 28.4. The van der Waals surface area contributed by atoms with Gasteiger partial charge < -0.3 is 13.9 Å². The summed E-state index contributed by atoms with van der Waals surface area (Å²) in [7, 11) is 0.461. The Bertz CT molecular complexity index is 146. The van der Waals surface area contributed by atoms with E-state index in [4.69, 9.17) is 13.9 Å². The Morgan fingerprint density at radius 3 is 2.69 bits per heavy atom. The molecule has 1 atom stereocenters. The van der Waals surface area contributed by atoms with E-state index in [9.17, 15) is 0 Å². The fourth-order valence-corrected chi connectivity index (χ4v) is 2.28. The van der Waals surface area contributed by atoms with Gasteiger partial charge in [0.05, 0.1) is 13.2 Å². The number of ether oxygens (including phenoxy) is 2. The zero-order valence-electron chi connectivity index (χ0n) is 8.84. The van der Waals surface area contributed by atoms with Gasteiger partial charge >= 0.3 is 0 Å². The number of rotatable bonds is 7. The van der Waals surface area contributed by atoms with Crippen molar-refractivity contribution in [2.45, 2.75) is 31.7 Å². The van der Waals surface area contributed by atoms with Crippen molar-refractivity contribution < 1.29 is 13.9 Å². The van der Waals surface area contributed by atoms with Gasteiger partial charge in [0.1, 0.15) is 6.10 Å². The predicted octanol–water partition coefficient (Wildman–Crippen LogP) is 1.64. The van der Waals surface area contributed by atoms with Crippen molar-refractivity contribution in [2.75, 3.05) is 26.9 Å². The molecule has 3 nitrogen and oxygen atoms in total. The van der Waals surface area contributed by atoms with E-state index in [-0.39, 0.29) is 0 Å². The molecule has 1 aliphatic heterocycles. The van der Waals surface area contributed by atoms with Gasteiger partial charge in [-0.2, -0.15) is 0 Å². The second kappa shape index (κ2) is 5.10. The lowest BCUT2D eigenvalue weighted by Crippen LogP contribution is -2.28. The van der Waals surface area contributed by atoms with E-state index < -0.39 is 8.32 Å². The lowest BCUT2D eigenvalue weighted by Gasteiger charge is -2.19. The van der Waals surface area contributed by atoms with E-state index in [0.29, 0.717) is 6.10 Å². The highest BCUT2D eigenvalue weighted by molar-refractivity contribution is 6.71. The Hall–Kier alpha value is 0.0969. The third-order valence-corrected chi connectivity index (χ3v) is 4.99. The van der Waals surface area contributed by atoms with Crippen LogP contribution in [0.4, 0.5) is 0 Å². The molecular formula is C9H20O3Si. The molecule has 1 unspecified atom stereocenters. The van der Waals surface area contributed by atoms with E-state index in [1.807, 2.05) is 7.11 Å². The smallest absolute Gasteiger partial charge is 0.186 e. The first kappa shape index (κ1) is 11.2. The third-order valence-electron chi connectivity index (χ3n) is 2.33. The lowest BCUT2D eigenvalue weighted by atomic mass is 10.5. The van der Waals surface area contributed by atoms with Gasteiger partial charge in [0.25, 0.3) is 0 Å². The summed E-state index contributed by atoms with van der Waals surface area (Å²) in [4.78, 5) is 0. The number of hydrogen-bond donors (Lipinski definition) is 0. The molecule has 0 spiro atoms. The Morgan fingerprint density at radius 1 is 1.46 bits per heavy atom. The largest absolute Gasteiger partial charge is 0.420 e. The van der Waals surface area contributed by atoms with Crippen molar-refractivity contribution in [3.63, 3.8) is 0 Å². The zero-order chi connectivity index (χ0) is 9.73. The van der Waals surface area contributed by atoms with E-state index in [0.717, 1.165) is 26.2 Å². The molecule has 0 saturated carbocycles. The van der Waals surface area contributed by atoms with Crippen molar-refractivity contribution >= 4 is 8.32 Å². The fraction of sp³-hybridized carbons (Fsp3) is 1.00. The molecule has 1 fully saturated rings. The molecule has 0 aromatic heterocycles. The summed E-state index contributed by atoms with van der Waals surface area (Å²) >= 11 is 0. The summed E-state index contributed by atoms with van der Waals surface area (Å²) in [5.41, 5.74) is 0. The Morgan fingerprint density at radius 2 is 2.15 bits per heavy atom.